The molecule has 2 N–H and O–H groups in total. The highest BCUT2D eigenvalue weighted by Gasteiger charge is 2.17. The monoisotopic (exact) mass is 222 g/mol. The third-order valence-corrected chi connectivity index (χ3v) is 2.84. The summed E-state index contributed by atoms with van der Waals surface area (Å²) < 4.78 is 0. The van der Waals surface area contributed by atoms with Crippen LogP contribution in [0.15, 0.2) is 0 Å². The summed E-state index contributed by atoms with van der Waals surface area (Å²) in [6.07, 6.45) is 1.05. The molecule has 0 spiro atoms. The van der Waals surface area contributed by atoms with Gasteiger partial charge < -0.3 is 10.6 Å². The molecule has 0 fully saturated rings. The lowest BCUT2D eigenvalue weighted by atomic mass is 10.0. The molecular formula is C12H22N4. The number of anilines is 2. The maximum absolute atomic E-state index is 4.45. The quantitative estimate of drug-likeness (QED) is 0.822. The molecule has 1 rings (SSSR count). The van der Waals surface area contributed by atoms with Gasteiger partial charge in [0.15, 0.2) is 0 Å². The molecule has 0 unspecified atom stereocenters. The normalized spacial score (nSPS) is 11.4. The first-order valence-corrected chi connectivity index (χ1v) is 5.71. The molecule has 0 aliphatic carbocycles. The van der Waals surface area contributed by atoms with Gasteiger partial charge in [0, 0.05) is 18.2 Å². The molecule has 0 radical (unpaired) electrons. The van der Waals surface area contributed by atoms with Crippen LogP contribution < -0.4 is 10.6 Å². The van der Waals surface area contributed by atoms with Crippen molar-refractivity contribution in [2.75, 3.05) is 17.7 Å². The fourth-order valence-corrected chi connectivity index (χ4v) is 1.40. The molecule has 0 aliphatic rings. The van der Waals surface area contributed by atoms with Crippen LogP contribution in [0.5, 0.6) is 0 Å². The topological polar surface area (TPSA) is 49.8 Å². The number of aromatic nitrogens is 2. The zero-order valence-corrected chi connectivity index (χ0v) is 11.1. The minimum absolute atomic E-state index is 0.0521. The number of hydrogen-bond acceptors (Lipinski definition) is 4. The van der Waals surface area contributed by atoms with Gasteiger partial charge in [-0.25, -0.2) is 9.97 Å². The van der Waals surface area contributed by atoms with E-state index in [2.05, 4.69) is 41.4 Å². The van der Waals surface area contributed by atoms with E-state index in [9.17, 15) is 0 Å². The van der Waals surface area contributed by atoms with Crippen molar-refractivity contribution in [1.29, 1.82) is 0 Å². The van der Waals surface area contributed by atoms with Gasteiger partial charge in [-0.2, -0.15) is 0 Å². The van der Waals surface area contributed by atoms with Crippen molar-refractivity contribution in [3.8, 4) is 0 Å². The molecule has 90 valence electrons. The summed E-state index contributed by atoms with van der Waals surface area (Å²) in [6, 6.07) is 0. The Morgan fingerprint density at radius 2 is 1.69 bits per heavy atom. The highest BCUT2D eigenvalue weighted by atomic mass is 15.1. The second kappa shape index (κ2) is 4.68. The van der Waals surface area contributed by atoms with E-state index in [0.717, 1.165) is 29.4 Å². The van der Waals surface area contributed by atoms with Crippen LogP contribution >= 0.6 is 0 Å². The van der Waals surface area contributed by atoms with Gasteiger partial charge in [-0.3, -0.25) is 0 Å². The lowest BCUT2D eigenvalue weighted by Gasteiger charge is -2.26. The van der Waals surface area contributed by atoms with Crippen LogP contribution in [0.3, 0.4) is 0 Å². The third kappa shape index (κ3) is 2.84. The van der Waals surface area contributed by atoms with Gasteiger partial charge in [-0.05, 0) is 34.1 Å². The second-order valence-corrected chi connectivity index (χ2v) is 4.71. The van der Waals surface area contributed by atoms with Crippen LogP contribution in [-0.2, 0) is 0 Å². The second-order valence-electron chi connectivity index (χ2n) is 4.71. The Morgan fingerprint density at radius 3 is 2.19 bits per heavy atom. The minimum atomic E-state index is 0.0521. The molecule has 0 bridgehead atoms. The summed E-state index contributed by atoms with van der Waals surface area (Å²) >= 11 is 0. The Labute approximate surface area is 97.9 Å². The van der Waals surface area contributed by atoms with Crippen molar-refractivity contribution in [2.24, 2.45) is 0 Å². The van der Waals surface area contributed by atoms with Gasteiger partial charge in [0.1, 0.15) is 17.5 Å². The Hall–Kier alpha value is -1.32. The zero-order chi connectivity index (χ0) is 12.3. The third-order valence-electron chi connectivity index (χ3n) is 2.84. The fraction of sp³-hybridized carbons (Fsp3) is 0.667. The highest BCUT2D eigenvalue weighted by molar-refractivity contribution is 5.57. The largest absolute Gasteiger partial charge is 0.373 e. The molecular weight excluding hydrogens is 200 g/mol. The van der Waals surface area contributed by atoms with Gasteiger partial charge in [-0.15, -0.1) is 0 Å². The molecule has 0 amide bonds. The SMILES string of the molecule is CCC(C)(C)Nc1nc(C)nc(NC)c1C. The molecule has 16 heavy (non-hydrogen) atoms. The zero-order valence-electron chi connectivity index (χ0n) is 11.1. The van der Waals surface area contributed by atoms with Crippen molar-refractivity contribution in [3.63, 3.8) is 0 Å². The summed E-state index contributed by atoms with van der Waals surface area (Å²) in [5.74, 6) is 2.59. The van der Waals surface area contributed by atoms with Gasteiger partial charge >= 0.3 is 0 Å². The summed E-state index contributed by atoms with van der Waals surface area (Å²) in [7, 11) is 1.88. The summed E-state index contributed by atoms with van der Waals surface area (Å²) in [6.45, 7) is 10.4. The van der Waals surface area contributed by atoms with Crippen LogP contribution in [0.2, 0.25) is 0 Å². The predicted molar refractivity (Wildman–Crippen MR) is 69.0 cm³/mol. The number of rotatable bonds is 4. The average molecular weight is 222 g/mol. The van der Waals surface area contributed by atoms with Crippen molar-refractivity contribution >= 4 is 11.6 Å². The van der Waals surface area contributed by atoms with Crippen molar-refractivity contribution in [1.82, 2.24) is 9.97 Å². The summed E-state index contributed by atoms with van der Waals surface area (Å²) in [5.41, 5.74) is 1.12. The minimum Gasteiger partial charge on any atom is -0.373 e. The van der Waals surface area contributed by atoms with E-state index in [-0.39, 0.29) is 5.54 Å². The number of nitrogens with one attached hydrogen (secondary N) is 2. The Balaban J connectivity index is 3.09. The Morgan fingerprint density at radius 1 is 1.12 bits per heavy atom. The first kappa shape index (κ1) is 12.7. The highest BCUT2D eigenvalue weighted by Crippen LogP contribution is 2.23. The molecule has 0 aliphatic heterocycles. The molecule has 1 aromatic heterocycles. The van der Waals surface area contributed by atoms with E-state index in [0.29, 0.717) is 0 Å². The van der Waals surface area contributed by atoms with Gasteiger partial charge in [0.05, 0.1) is 0 Å². The number of nitrogens with zero attached hydrogens (tertiary/aromatic N) is 2. The van der Waals surface area contributed by atoms with E-state index < -0.39 is 0 Å². The molecule has 0 atom stereocenters. The average Bonchev–Trinajstić information content (AvgIpc) is 2.22. The summed E-state index contributed by atoms with van der Waals surface area (Å²) in [4.78, 5) is 8.80. The predicted octanol–water partition coefficient (Wildman–Crippen LogP) is 2.74. The van der Waals surface area contributed by atoms with Crippen LogP contribution in [-0.4, -0.2) is 22.6 Å². The Kier molecular flexibility index (Phi) is 3.73. The maximum Gasteiger partial charge on any atom is 0.135 e. The smallest absolute Gasteiger partial charge is 0.135 e. The lowest BCUT2D eigenvalue weighted by molar-refractivity contribution is 0.544. The molecule has 0 aromatic carbocycles. The molecule has 0 saturated carbocycles. The molecule has 4 nitrogen and oxygen atoms in total. The lowest BCUT2D eigenvalue weighted by Crippen LogP contribution is -2.31. The van der Waals surface area contributed by atoms with Crippen LogP contribution in [0.4, 0.5) is 11.6 Å². The van der Waals surface area contributed by atoms with Gasteiger partial charge in [0.25, 0.3) is 0 Å². The number of aryl methyl sites for hydroxylation is 1. The standard InChI is InChI=1S/C12H22N4/c1-7-12(4,5)16-11-8(2)10(13-6)14-9(3)15-11/h7H2,1-6H3,(H2,13,14,15,16). The van der Waals surface area contributed by atoms with Gasteiger partial charge in [0.2, 0.25) is 0 Å². The molecule has 1 aromatic rings. The van der Waals surface area contributed by atoms with Crippen LogP contribution in [0, 0.1) is 13.8 Å². The van der Waals surface area contributed by atoms with Crippen molar-refractivity contribution in [3.05, 3.63) is 11.4 Å². The van der Waals surface area contributed by atoms with E-state index in [4.69, 9.17) is 0 Å². The first-order valence-electron chi connectivity index (χ1n) is 5.71. The molecule has 1 heterocycles. The van der Waals surface area contributed by atoms with E-state index in [1.165, 1.54) is 0 Å². The van der Waals surface area contributed by atoms with Crippen molar-refractivity contribution in [2.45, 2.75) is 46.6 Å². The molecule has 4 heteroatoms. The van der Waals surface area contributed by atoms with E-state index >= 15 is 0 Å². The van der Waals surface area contributed by atoms with E-state index in [1.54, 1.807) is 0 Å². The van der Waals surface area contributed by atoms with Gasteiger partial charge in [-0.1, -0.05) is 6.92 Å². The number of hydrogen-bond donors (Lipinski definition) is 2. The fourth-order valence-electron chi connectivity index (χ4n) is 1.40. The van der Waals surface area contributed by atoms with Crippen LogP contribution in [0.1, 0.15) is 38.6 Å². The first-order chi connectivity index (χ1) is 7.39. The summed E-state index contributed by atoms with van der Waals surface area (Å²) in [5, 5.41) is 6.55. The van der Waals surface area contributed by atoms with Crippen molar-refractivity contribution < 1.29 is 0 Å². The van der Waals surface area contributed by atoms with E-state index in [1.807, 2.05) is 20.9 Å². The van der Waals surface area contributed by atoms with Crippen LogP contribution in [0.25, 0.3) is 0 Å². The Bertz CT molecular complexity index is 372. The maximum atomic E-state index is 4.45. The molecule has 0 saturated heterocycles.